The Hall–Kier alpha value is -3.03. The normalized spacial score (nSPS) is 10.4. The van der Waals surface area contributed by atoms with Crippen molar-refractivity contribution in [1.29, 1.82) is 0 Å². The number of H-pyrrole nitrogens is 1. The van der Waals surface area contributed by atoms with E-state index in [1.807, 2.05) is 6.07 Å². The van der Waals surface area contributed by atoms with Crippen LogP contribution in [0.25, 0.3) is 10.9 Å². The molecule has 100 valence electrons. The Bertz CT molecular complexity index is 756. The minimum atomic E-state index is -0.363. The predicted molar refractivity (Wildman–Crippen MR) is 70.4 cm³/mol. The summed E-state index contributed by atoms with van der Waals surface area (Å²) < 4.78 is 5.26. The molecule has 2 aromatic heterocycles. The van der Waals surface area contributed by atoms with Crippen LogP contribution < -0.4 is 10.1 Å². The van der Waals surface area contributed by atoms with Crippen molar-refractivity contribution in [2.75, 3.05) is 12.4 Å². The van der Waals surface area contributed by atoms with Gasteiger partial charge in [-0.25, -0.2) is 0 Å². The number of methoxy groups -OCH3 is 1. The highest BCUT2D eigenvalue weighted by atomic mass is 16.5. The van der Waals surface area contributed by atoms with Crippen LogP contribution in [0.3, 0.4) is 0 Å². The van der Waals surface area contributed by atoms with Crippen molar-refractivity contribution in [3.05, 3.63) is 36.0 Å². The fourth-order valence-corrected chi connectivity index (χ4v) is 1.89. The third-order valence-corrected chi connectivity index (χ3v) is 2.76. The second-order valence-corrected chi connectivity index (χ2v) is 3.90. The summed E-state index contributed by atoms with van der Waals surface area (Å²) >= 11 is 0. The van der Waals surface area contributed by atoms with Crippen LogP contribution in [0.2, 0.25) is 0 Å². The quantitative estimate of drug-likeness (QED) is 0.735. The largest absolute Gasteiger partial charge is 0.496 e. The second-order valence-electron chi connectivity index (χ2n) is 3.90. The summed E-state index contributed by atoms with van der Waals surface area (Å²) in [5.41, 5.74) is 0.957. The fraction of sp³-hybridized carbons (Fsp3) is 0.0833. The zero-order chi connectivity index (χ0) is 13.9. The van der Waals surface area contributed by atoms with E-state index in [1.54, 1.807) is 31.5 Å². The van der Waals surface area contributed by atoms with E-state index in [4.69, 9.17) is 4.74 Å². The van der Waals surface area contributed by atoms with Gasteiger partial charge in [-0.2, -0.15) is 5.21 Å². The summed E-state index contributed by atoms with van der Waals surface area (Å²) in [6.45, 7) is 0. The number of amides is 1. The lowest BCUT2D eigenvalue weighted by atomic mass is 10.1. The lowest BCUT2D eigenvalue weighted by Crippen LogP contribution is -2.14. The number of hydrogen-bond acceptors (Lipinski definition) is 6. The fourth-order valence-electron chi connectivity index (χ4n) is 1.89. The van der Waals surface area contributed by atoms with Gasteiger partial charge in [-0.3, -0.25) is 15.1 Å². The number of hydrogen-bond donors (Lipinski definition) is 2. The van der Waals surface area contributed by atoms with Gasteiger partial charge in [0.15, 0.2) is 0 Å². The Balaban J connectivity index is 2.05. The second kappa shape index (κ2) is 4.92. The molecule has 3 rings (SSSR count). The summed E-state index contributed by atoms with van der Waals surface area (Å²) in [5, 5.41) is 16.3. The van der Waals surface area contributed by atoms with Crippen molar-refractivity contribution in [3.63, 3.8) is 0 Å². The van der Waals surface area contributed by atoms with E-state index in [0.29, 0.717) is 16.8 Å². The molecule has 3 aromatic rings. The van der Waals surface area contributed by atoms with Gasteiger partial charge in [-0.1, -0.05) is 5.10 Å². The van der Waals surface area contributed by atoms with Crippen LogP contribution in [-0.4, -0.2) is 38.6 Å². The molecule has 1 aromatic carbocycles. The first kappa shape index (κ1) is 12.0. The summed E-state index contributed by atoms with van der Waals surface area (Å²) in [6.07, 6.45) is 1.62. The van der Waals surface area contributed by atoms with Gasteiger partial charge in [0.05, 0.1) is 18.2 Å². The van der Waals surface area contributed by atoms with Gasteiger partial charge in [0.2, 0.25) is 0 Å². The molecule has 0 radical (unpaired) electrons. The maximum atomic E-state index is 12.2. The molecule has 0 atom stereocenters. The van der Waals surface area contributed by atoms with Crippen LogP contribution in [0.5, 0.6) is 5.75 Å². The number of tetrazole rings is 1. The molecule has 0 aliphatic carbocycles. The Morgan fingerprint density at radius 2 is 2.25 bits per heavy atom. The van der Waals surface area contributed by atoms with Gasteiger partial charge in [0.25, 0.3) is 11.9 Å². The van der Waals surface area contributed by atoms with Gasteiger partial charge < -0.3 is 4.74 Å². The first-order chi connectivity index (χ1) is 9.79. The van der Waals surface area contributed by atoms with Crippen molar-refractivity contribution in [2.24, 2.45) is 0 Å². The standard InChI is InChI=1S/C12H10N6O2/c1-20-9-5-4-8(10-7(9)3-2-6-13-10)11(19)14-12-15-17-18-16-12/h2-6H,1H3,(H2,14,15,16,17,18,19). The number of fused-ring (bicyclic) bond motifs is 1. The van der Waals surface area contributed by atoms with E-state index < -0.39 is 0 Å². The molecule has 8 nitrogen and oxygen atoms in total. The third kappa shape index (κ3) is 2.03. The first-order valence-corrected chi connectivity index (χ1v) is 5.76. The van der Waals surface area contributed by atoms with Crippen LogP contribution in [0.15, 0.2) is 30.5 Å². The van der Waals surface area contributed by atoms with Crippen molar-refractivity contribution in [3.8, 4) is 5.75 Å². The number of nitrogens with one attached hydrogen (secondary N) is 2. The average Bonchev–Trinajstić information content (AvgIpc) is 2.99. The molecule has 0 aliphatic rings. The molecule has 0 spiro atoms. The SMILES string of the molecule is COc1ccc(C(=O)Nc2nn[nH]n2)c2ncccc12. The zero-order valence-corrected chi connectivity index (χ0v) is 10.5. The van der Waals surface area contributed by atoms with Crippen molar-refractivity contribution in [1.82, 2.24) is 25.6 Å². The number of nitrogens with zero attached hydrogens (tertiary/aromatic N) is 4. The molecule has 2 N–H and O–H groups in total. The van der Waals surface area contributed by atoms with Crippen molar-refractivity contribution >= 4 is 22.8 Å². The first-order valence-electron chi connectivity index (χ1n) is 5.76. The molecule has 2 heterocycles. The molecule has 0 aliphatic heterocycles. The van der Waals surface area contributed by atoms with Crippen LogP contribution in [0.1, 0.15) is 10.4 Å². The maximum absolute atomic E-state index is 12.2. The summed E-state index contributed by atoms with van der Waals surface area (Å²) in [6, 6.07) is 6.98. The van der Waals surface area contributed by atoms with Gasteiger partial charge in [-0.15, -0.1) is 5.10 Å². The molecule has 8 heteroatoms. The van der Waals surface area contributed by atoms with Gasteiger partial charge in [-0.05, 0) is 29.5 Å². The molecule has 20 heavy (non-hydrogen) atoms. The van der Waals surface area contributed by atoms with Gasteiger partial charge in [0.1, 0.15) is 5.75 Å². The molecule has 1 amide bonds. The number of rotatable bonds is 3. The van der Waals surface area contributed by atoms with E-state index in [-0.39, 0.29) is 11.9 Å². The molecule has 0 bridgehead atoms. The molecule has 0 saturated heterocycles. The third-order valence-electron chi connectivity index (χ3n) is 2.76. The highest BCUT2D eigenvalue weighted by Crippen LogP contribution is 2.26. The predicted octanol–water partition coefficient (Wildman–Crippen LogP) is 1.01. The maximum Gasteiger partial charge on any atom is 0.270 e. The van der Waals surface area contributed by atoms with Crippen molar-refractivity contribution < 1.29 is 9.53 Å². The minimum absolute atomic E-state index is 0.106. The van der Waals surface area contributed by atoms with Gasteiger partial charge in [0, 0.05) is 11.6 Å². The molecule has 0 unspecified atom stereocenters. The van der Waals surface area contributed by atoms with E-state index >= 15 is 0 Å². The number of benzene rings is 1. The van der Waals surface area contributed by atoms with Crippen molar-refractivity contribution in [2.45, 2.75) is 0 Å². The highest BCUT2D eigenvalue weighted by molar-refractivity contribution is 6.12. The summed E-state index contributed by atoms with van der Waals surface area (Å²) in [7, 11) is 1.57. The van der Waals surface area contributed by atoms with Crippen LogP contribution in [0, 0.1) is 0 Å². The highest BCUT2D eigenvalue weighted by Gasteiger charge is 2.15. The van der Waals surface area contributed by atoms with E-state index in [9.17, 15) is 4.79 Å². The number of carbonyl (C=O) groups is 1. The molecule has 0 fully saturated rings. The Labute approximate surface area is 113 Å². The molecule has 0 saturated carbocycles. The number of ether oxygens (including phenoxy) is 1. The Morgan fingerprint density at radius 3 is 3.00 bits per heavy atom. The Kier molecular flexibility index (Phi) is 2.96. The Morgan fingerprint density at radius 1 is 1.35 bits per heavy atom. The lowest BCUT2D eigenvalue weighted by Gasteiger charge is -2.08. The number of aromatic nitrogens is 5. The average molecular weight is 270 g/mol. The van der Waals surface area contributed by atoms with E-state index in [2.05, 4.69) is 30.9 Å². The van der Waals surface area contributed by atoms with E-state index in [1.165, 1.54) is 0 Å². The summed E-state index contributed by atoms with van der Waals surface area (Å²) in [5.74, 6) is 0.400. The zero-order valence-electron chi connectivity index (χ0n) is 10.5. The molecular formula is C12H10N6O2. The lowest BCUT2D eigenvalue weighted by molar-refractivity contribution is 0.102. The van der Waals surface area contributed by atoms with Crippen LogP contribution >= 0.6 is 0 Å². The monoisotopic (exact) mass is 270 g/mol. The number of pyridine rings is 1. The van der Waals surface area contributed by atoms with Gasteiger partial charge >= 0.3 is 0 Å². The number of carbonyl (C=O) groups excluding carboxylic acids is 1. The number of anilines is 1. The number of aromatic amines is 1. The van der Waals surface area contributed by atoms with Crippen LogP contribution in [-0.2, 0) is 0 Å². The molecular weight excluding hydrogens is 260 g/mol. The summed E-state index contributed by atoms with van der Waals surface area (Å²) in [4.78, 5) is 16.4. The van der Waals surface area contributed by atoms with E-state index in [0.717, 1.165) is 5.39 Å². The minimum Gasteiger partial charge on any atom is -0.496 e. The smallest absolute Gasteiger partial charge is 0.270 e. The topological polar surface area (TPSA) is 106 Å². The van der Waals surface area contributed by atoms with Crippen LogP contribution in [0.4, 0.5) is 5.95 Å².